The van der Waals surface area contributed by atoms with Gasteiger partial charge in [0.15, 0.2) is 0 Å². The second-order valence-corrected chi connectivity index (χ2v) is 2.81. The number of nitrogens with two attached hydrogens (primary N) is 1. The topological polar surface area (TPSA) is 46.2 Å². The molecule has 0 bridgehead atoms. The highest BCUT2D eigenvalue weighted by molar-refractivity contribution is 5.39. The summed E-state index contributed by atoms with van der Waals surface area (Å²) in [5, 5.41) is 9.48. The minimum atomic E-state index is 0.392. The van der Waals surface area contributed by atoms with Gasteiger partial charge in [-0.2, -0.15) is 0 Å². The average Bonchev–Trinajstić information content (AvgIpc) is 2.05. The van der Waals surface area contributed by atoms with Crippen LogP contribution in [0.5, 0.6) is 5.75 Å². The van der Waals surface area contributed by atoms with E-state index in [1.807, 2.05) is 19.1 Å². The van der Waals surface area contributed by atoms with Crippen LogP contribution in [0.25, 0.3) is 0 Å². The summed E-state index contributed by atoms with van der Waals surface area (Å²) in [5.41, 5.74) is 7.65. The Balaban J connectivity index is 3.00. The molecule has 0 saturated carbocycles. The van der Waals surface area contributed by atoms with E-state index in [1.165, 1.54) is 5.56 Å². The van der Waals surface area contributed by atoms with Crippen molar-refractivity contribution in [3.63, 3.8) is 0 Å². The van der Waals surface area contributed by atoms with Gasteiger partial charge in [-0.15, -0.1) is 0 Å². The zero-order valence-electron chi connectivity index (χ0n) is 7.38. The normalized spacial score (nSPS) is 10.2. The number of phenols is 1. The summed E-state index contributed by atoms with van der Waals surface area (Å²) >= 11 is 0. The van der Waals surface area contributed by atoms with Crippen LogP contribution < -0.4 is 5.73 Å². The molecule has 0 radical (unpaired) electrons. The molecule has 1 rings (SSSR count). The summed E-state index contributed by atoms with van der Waals surface area (Å²) in [6.07, 6.45) is 1.71. The number of phenolic OH excluding ortho intramolecular Hbond substituents is 1. The van der Waals surface area contributed by atoms with Crippen molar-refractivity contribution < 1.29 is 5.11 Å². The first-order valence-corrected chi connectivity index (χ1v) is 4.29. The highest BCUT2D eigenvalue weighted by Gasteiger charge is 2.03. The van der Waals surface area contributed by atoms with Crippen LogP contribution >= 0.6 is 0 Å². The fourth-order valence-corrected chi connectivity index (χ4v) is 1.42. The maximum absolute atomic E-state index is 9.48. The van der Waals surface area contributed by atoms with E-state index in [9.17, 15) is 5.11 Å². The summed E-state index contributed by atoms with van der Waals surface area (Å²) < 4.78 is 0. The Hall–Kier alpha value is -1.02. The smallest absolute Gasteiger partial charge is 0.119 e. The second kappa shape index (κ2) is 4.12. The summed E-state index contributed by atoms with van der Waals surface area (Å²) in [6, 6.07) is 5.60. The van der Waals surface area contributed by atoms with Crippen molar-refractivity contribution in [2.75, 3.05) is 6.54 Å². The van der Waals surface area contributed by atoms with Crippen LogP contribution in [0.4, 0.5) is 0 Å². The maximum Gasteiger partial charge on any atom is 0.119 e. The number of rotatable bonds is 3. The largest absolute Gasteiger partial charge is 0.508 e. The molecule has 1 aromatic carbocycles. The number of hydrogen-bond acceptors (Lipinski definition) is 2. The molecule has 66 valence electrons. The summed E-state index contributed by atoms with van der Waals surface area (Å²) in [6.45, 7) is 2.67. The van der Waals surface area contributed by atoms with Gasteiger partial charge in [-0.25, -0.2) is 0 Å². The monoisotopic (exact) mass is 165 g/mol. The summed E-state index contributed by atoms with van der Waals surface area (Å²) in [4.78, 5) is 0. The summed E-state index contributed by atoms with van der Waals surface area (Å²) in [7, 11) is 0. The fraction of sp³-hybridized carbons (Fsp3) is 0.400. The van der Waals surface area contributed by atoms with Crippen molar-refractivity contribution in [1.29, 1.82) is 0 Å². The van der Waals surface area contributed by atoms with Crippen molar-refractivity contribution >= 4 is 0 Å². The Morgan fingerprint density at radius 2 is 2.17 bits per heavy atom. The third-order valence-corrected chi connectivity index (χ3v) is 2.02. The van der Waals surface area contributed by atoms with E-state index >= 15 is 0 Å². The van der Waals surface area contributed by atoms with Crippen molar-refractivity contribution in [3.05, 3.63) is 29.3 Å². The molecule has 0 saturated heterocycles. The van der Waals surface area contributed by atoms with Crippen molar-refractivity contribution in [2.24, 2.45) is 5.73 Å². The highest BCUT2D eigenvalue weighted by atomic mass is 16.3. The Kier molecular flexibility index (Phi) is 3.11. The maximum atomic E-state index is 9.48. The first kappa shape index (κ1) is 9.07. The Labute approximate surface area is 73.0 Å². The van der Waals surface area contributed by atoms with Crippen molar-refractivity contribution in [3.8, 4) is 5.75 Å². The summed E-state index contributed by atoms with van der Waals surface area (Å²) in [5.74, 6) is 0.392. The SMILES string of the molecule is CCc1c(O)cccc1CCN. The van der Waals surface area contributed by atoms with Gasteiger partial charge in [-0.05, 0) is 36.6 Å². The van der Waals surface area contributed by atoms with Crippen LogP contribution in [-0.2, 0) is 12.8 Å². The molecule has 0 aliphatic carbocycles. The molecule has 2 heteroatoms. The lowest BCUT2D eigenvalue weighted by Gasteiger charge is -2.07. The zero-order chi connectivity index (χ0) is 8.97. The molecular weight excluding hydrogens is 150 g/mol. The lowest BCUT2D eigenvalue weighted by Crippen LogP contribution is -2.04. The van der Waals surface area contributed by atoms with Gasteiger partial charge in [-0.3, -0.25) is 0 Å². The van der Waals surface area contributed by atoms with Crippen LogP contribution in [0.3, 0.4) is 0 Å². The quantitative estimate of drug-likeness (QED) is 0.712. The van der Waals surface area contributed by atoms with Crippen LogP contribution in [-0.4, -0.2) is 11.7 Å². The molecule has 3 N–H and O–H groups in total. The molecule has 12 heavy (non-hydrogen) atoms. The zero-order valence-corrected chi connectivity index (χ0v) is 7.38. The standard InChI is InChI=1S/C10H15NO/c1-2-9-8(6-7-11)4-3-5-10(9)12/h3-5,12H,2,6-7,11H2,1H3. The molecule has 0 spiro atoms. The molecule has 0 fully saturated rings. The van der Waals surface area contributed by atoms with Crippen LogP contribution in [0.2, 0.25) is 0 Å². The fourth-order valence-electron chi connectivity index (χ4n) is 1.42. The molecule has 0 unspecified atom stereocenters. The average molecular weight is 165 g/mol. The predicted molar refractivity (Wildman–Crippen MR) is 50.2 cm³/mol. The van der Waals surface area contributed by atoms with Gasteiger partial charge in [0.25, 0.3) is 0 Å². The Morgan fingerprint density at radius 1 is 1.42 bits per heavy atom. The third kappa shape index (κ3) is 1.77. The minimum Gasteiger partial charge on any atom is -0.508 e. The molecule has 0 amide bonds. The van der Waals surface area contributed by atoms with Crippen molar-refractivity contribution in [1.82, 2.24) is 0 Å². The number of hydrogen-bond donors (Lipinski definition) is 2. The van der Waals surface area contributed by atoms with E-state index in [-0.39, 0.29) is 0 Å². The minimum absolute atomic E-state index is 0.392. The van der Waals surface area contributed by atoms with Gasteiger partial charge in [0.1, 0.15) is 5.75 Å². The lowest BCUT2D eigenvalue weighted by atomic mass is 10.0. The van der Waals surface area contributed by atoms with E-state index in [1.54, 1.807) is 6.07 Å². The van der Waals surface area contributed by atoms with Gasteiger partial charge in [-0.1, -0.05) is 19.1 Å². The first-order chi connectivity index (χ1) is 5.79. The van der Waals surface area contributed by atoms with E-state index in [2.05, 4.69) is 0 Å². The van der Waals surface area contributed by atoms with Gasteiger partial charge in [0.05, 0.1) is 0 Å². The van der Waals surface area contributed by atoms with Gasteiger partial charge >= 0.3 is 0 Å². The first-order valence-electron chi connectivity index (χ1n) is 4.29. The van der Waals surface area contributed by atoms with E-state index in [0.29, 0.717) is 12.3 Å². The molecule has 0 aliphatic heterocycles. The molecule has 1 aromatic rings. The molecule has 0 aliphatic rings. The Bertz CT molecular complexity index is 258. The third-order valence-electron chi connectivity index (χ3n) is 2.02. The molecule has 0 atom stereocenters. The molecular formula is C10H15NO. The molecule has 2 nitrogen and oxygen atoms in total. The van der Waals surface area contributed by atoms with E-state index in [0.717, 1.165) is 18.4 Å². The molecule has 0 heterocycles. The van der Waals surface area contributed by atoms with Crippen LogP contribution in [0.15, 0.2) is 18.2 Å². The van der Waals surface area contributed by atoms with Gasteiger partial charge < -0.3 is 10.8 Å². The number of benzene rings is 1. The Morgan fingerprint density at radius 3 is 2.75 bits per heavy atom. The lowest BCUT2D eigenvalue weighted by molar-refractivity contribution is 0.467. The number of aromatic hydroxyl groups is 1. The second-order valence-electron chi connectivity index (χ2n) is 2.81. The van der Waals surface area contributed by atoms with Gasteiger partial charge in [0.2, 0.25) is 0 Å². The van der Waals surface area contributed by atoms with Crippen molar-refractivity contribution in [2.45, 2.75) is 19.8 Å². The highest BCUT2D eigenvalue weighted by Crippen LogP contribution is 2.21. The van der Waals surface area contributed by atoms with E-state index < -0.39 is 0 Å². The van der Waals surface area contributed by atoms with E-state index in [4.69, 9.17) is 5.73 Å². The molecule has 0 aromatic heterocycles. The van der Waals surface area contributed by atoms with Crippen LogP contribution in [0, 0.1) is 0 Å². The van der Waals surface area contributed by atoms with Gasteiger partial charge in [0, 0.05) is 0 Å². The predicted octanol–water partition coefficient (Wildman–Crippen LogP) is 1.46. The van der Waals surface area contributed by atoms with Crippen LogP contribution in [0.1, 0.15) is 18.1 Å².